The van der Waals surface area contributed by atoms with Crippen LogP contribution in [-0.4, -0.2) is 49.5 Å². The van der Waals surface area contributed by atoms with Crippen molar-refractivity contribution in [1.82, 2.24) is 19.4 Å². The Kier molecular flexibility index (Phi) is 6.43. The third kappa shape index (κ3) is 4.93. The van der Waals surface area contributed by atoms with E-state index in [2.05, 4.69) is 15.3 Å². The van der Waals surface area contributed by atoms with Gasteiger partial charge >= 0.3 is 5.97 Å². The average molecular weight is 498 g/mol. The summed E-state index contributed by atoms with van der Waals surface area (Å²) in [7, 11) is 0. The predicted octanol–water partition coefficient (Wildman–Crippen LogP) is 4.00. The number of carbonyl (C=O) groups excluding carboxylic acids is 1. The lowest BCUT2D eigenvalue weighted by atomic mass is 10.1. The lowest BCUT2D eigenvalue weighted by Crippen LogP contribution is -2.26. The van der Waals surface area contributed by atoms with Crippen molar-refractivity contribution in [3.8, 4) is 5.69 Å². The van der Waals surface area contributed by atoms with Crippen molar-refractivity contribution in [3.63, 3.8) is 0 Å². The number of rotatable bonds is 7. The maximum absolute atomic E-state index is 12.8. The first-order chi connectivity index (χ1) is 17.8. The fourth-order valence-corrected chi connectivity index (χ4v) is 4.48. The van der Waals surface area contributed by atoms with E-state index in [1.807, 2.05) is 61.2 Å². The Balaban J connectivity index is 1.45. The van der Waals surface area contributed by atoms with E-state index in [0.717, 1.165) is 41.8 Å². The molecule has 0 atom stereocenters. The number of anilines is 2. The topological polar surface area (TPSA) is 117 Å². The van der Waals surface area contributed by atoms with Crippen LogP contribution in [0.2, 0.25) is 0 Å². The summed E-state index contributed by atoms with van der Waals surface area (Å²) in [6.07, 6.45) is 5.03. The molecule has 0 bridgehead atoms. The molecule has 4 aromatic rings. The first-order valence-corrected chi connectivity index (χ1v) is 12.2. The third-order valence-corrected chi connectivity index (χ3v) is 6.80. The van der Waals surface area contributed by atoms with Crippen molar-refractivity contribution in [2.75, 3.05) is 18.4 Å². The molecule has 1 saturated heterocycles. The van der Waals surface area contributed by atoms with E-state index in [1.165, 1.54) is 12.4 Å². The highest BCUT2D eigenvalue weighted by molar-refractivity contribution is 5.92. The molecule has 0 aliphatic carbocycles. The van der Waals surface area contributed by atoms with E-state index in [-0.39, 0.29) is 22.8 Å². The van der Waals surface area contributed by atoms with Crippen molar-refractivity contribution in [1.29, 1.82) is 0 Å². The van der Waals surface area contributed by atoms with Gasteiger partial charge in [-0.3, -0.25) is 9.59 Å². The second kappa shape index (κ2) is 9.85. The SMILES string of the molecule is Cc1ccc(-n2cc(C(=O)O)c(=O)c3cnc(Nc4ccc(CCN5CCCC5=O)cc4)nc32)cc1C. The summed E-state index contributed by atoms with van der Waals surface area (Å²) >= 11 is 0. The molecule has 0 saturated carbocycles. The van der Waals surface area contributed by atoms with Gasteiger partial charge in [-0.1, -0.05) is 18.2 Å². The van der Waals surface area contributed by atoms with Crippen molar-refractivity contribution >= 4 is 34.5 Å². The zero-order valence-electron chi connectivity index (χ0n) is 20.7. The molecule has 2 N–H and O–H groups in total. The summed E-state index contributed by atoms with van der Waals surface area (Å²) < 4.78 is 1.61. The Labute approximate surface area is 213 Å². The minimum absolute atomic E-state index is 0.121. The number of carbonyl (C=O) groups is 2. The lowest BCUT2D eigenvalue weighted by molar-refractivity contribution is -0.127. The van der Waals surface area contributed by atoms with Crippen LogP contribution in [-0.2, 0) is 11.2 Å². The van der Waals surface area contributed by atoms with E-state index >= 15 is 0 Å². The zero-order chi connectivity index (χ0) is 26.1. The number of carboxylic acids is 1. The number of pyridine rings is 1. The number of aryl methyl sites for hydroxylation is 2. The zero-order valence-corrected chi connectivity index (χ0v) is 20.7. The first kappa shape index (κ1) is 24.2. The minimum atomic E-state index is -1.30. The van der Waals surface area contributed by atoms with E-state index < -0.39 is 11.4 Å². The maximum atomic E-state index is 12.8. The molecule has 0 spiro atoms. The Morgan fingerprint density at radius 2 is 1.86 bits per heavy atom. The Morgan fingerprint density at radius 1 is 1.08 bits per heavy atom. The molecule has 0 radical (unpaired) electrons. The van der Waals surface area contributed by atoms with Crippen LogP contribution in [0.3, 0.4) is 0 Å². The Morgan fingerprint density at radius 3 is 2.54 bits per heavy atom. The molecule has 2 aromatic carbocycles. The van der Waals surface area contributed by atoms with Gasteiger partial charge in [0.2, 0.25) is 17.3 Å². The van der Waals surface area contributed by atoms with Crippen LogP contribution < -0.4 is 10.7 Å². The van der Waals surface area contributed by atoms with Crippen LogP contribution in [0.25, 0.3) is 16.7 Å². The molecule has 1 aliphatic heterocycles. The number of hydrogen-bond acceptors (Lipinski definition) is 6. The number of fused-ring (bicyclic) bond motifs is 1. The fourth-order valence-electron chi connectivity index (χ4n) is 4.48. The van der Waals surface area contributed by atoms with Gasteiger partial charge in [-0.15, -0.1) is 0 Å². The molecule has 9 nitrogen and oxygen atoms in total. The summed E-state index contributed by atoms with van der Waals surface area (Å²) in [6, 6.07) is 13.5. The van der Waals surface area contributed by atoms with E-state index in [0.29, 0.717) is 24.3 Å². The van der Waals surface area contributed by atoms with Crippen LogP contribution in [0, 0.1) is 13.8 Å². The number of carboxylic acid groups (broad SMARTS) is 1. The number of aromatic carboxylic acids is 1. The van der Waals surface area contributed by atoms with Gasteiger partial charge in [-0.05, 0) is 67.6 Å². The predicted molar refractivity (Wildman–Crippen MR) is 141 cm³/mol. The maximum Gasteiger partial charge on any atom is 0.341 e. The van der Waals surface area contributed by atoms with Gasteiger partial charge < -0.3 is 19.9 Å². The van der Waals surface area contributed by atoms with Crippen LogP contribution in [0.4, 0.5) is 11.6 Å². The van der Waals surface area contributed by atoms with Gasteiger partial charge in [-0.2, -0.15) is 4.98 Å². The number of amides is 1. The molecule has 188 valence electrons. The van der Waals surface area contributed by atoms with E-state index in [1.54, 1.807) is 4.57 Å². The summed E-state index contributed by atoms with van der Waals surface area (Å²) in [5.74, 6) is -0.801. The molecule has 1 aliphatic rings. The van der Waals surface area contributed by atoms with Gasteiger partial charge in [-0.25, -0.2) is 9.78 Å². The largest absolute Gasteiger partial charge is 0.477 e. The van der Waals surface area contributed by atoms with Gasteiger partial charge in [0, 0.05) is 43.3 Å². The fraction of sp³-hybridized carbons (Fsp3) is 0.250. The van der Waals surface area contributed by atoms with Crippen LogP contribution in [0.1, 0.15) is 39.9 Å². The molecule has 9 heteroatoms. The molecular weight excluding hydrogens is 470 g/mol. The lowest BCUT2D eigenvalue weighted by Gasteiger charge is -2.15. The second-order valence-electron chi connectivity index (χ2n) is 9.30. The van der Waals surface area contributed by atoms with Crippen LogP contribution >= 0.6 is 0 Å². The quantitative estimate of drug-likeness (QED) is 0.396. The molecule has 2 aromatic heterocycles. The highest BCUT2D eigenvalue weighted by Gasteiger charge is 2.20. The number of nitrogens with zero attached hydrogens (tertiary/aromatic N) is 4. The molecule has 37 heavy (non-hydrogen) atoms. The molecule has 3 heterocycles. The van der Waals surface area contributed by atoms with Gasteiger partial charge in [0.15, 0.2) is 5.65 Å². The van der Waals surface area contributed by atoms with Crippen molar-refractivity contribution in [2.45, 2.75) is 33.1 Å². The monoisotopic (exact) mass is 497 g/mol. The second-order valence-corrected chi connectivity index (χ2v) is 9.30. The first-order valence-electron chi connectivity index (χ1n) is 12.2. The molecule has 0 unspecified atom stereocenters. The molecule has 5 rings (SSSR count). The normalized spacial score (nSPS) is 13.4. The van der Waals surface area contributed by atoms with Crippen molar-refractivity contribution in [3.05, 3.63) is 87.3 Å². The molecule has 1 amide bonds. The van der Waals surface area contributed by atoms with E-state index in [9.17, 15) is 19.5 Å². The van der Waals surface area contributed by atoms with Gasteiger partial charge in [0.1, 0.15) is 5.56 Å². The molecular formula is C28H27N5O4. The van der Waals surface area contributed by atoms with Crippen LogP contribution in [0.15, 0.2) is 59.7 Å². The Bertz CT molecular complexity index is 1580. The number of likely N-dealkylation sites (tertiary alicyclic amines) is 1. The third-order valence-electron chi connectivity index (χ3n) is 6.80. The van der Waals surface area contributed by atoms with Gasteiger partial charge in [0.05, 0.1) is 5.39 Å². The van der Waals surface area contributed by atoms with Crippen LogP contribution in [0.5, 0.6) is 0 Å². The number of hydrogen-bond donors (Lipinski definition) is 2. The van der Waals surface area contributed by atoms with Crippen molar-refractivity contribution in [2.24, 2.45) is 0 Å². The summed E-state index contributed by atoms with van der Waals surface area (Å²) in [5, 5.41) is 12.9. The highest BCUT2D eigenvalue weighted by atomic mass is 16.4. The summed E-state index contributed by atoms with van der Waals surface area (Å²) in [4.78, 5) is 47.2. The standard InChI is InChI=1S/C28H27N5O4/c1-17-5-10-21(14-18(17)2)33-16-23(27(36)37)25(35)22-15-29-28(31-26(22)33)30-20-8-6-19(7-9-20)11-13-32-12-3-4-24(32)34/h5-10,14-16H,3-4,11-13H2,1-2H3,(H,36,37)(H,29,30,31). The number of nitrogens with one attached hydrogen (secondary N) is 1. The number of aromatic nitrogens is 3. The van der Waals surface area contributed by atoms with Gasteiger partial charge in [0.25, 0.3) is 0 Å². The Hall–Kier alpha value is -4.53. The van der Waals surface area contributed by atoms with Crippen molar-refractivity contribution < 1.29 is 14.7 Å². The molecule has 1 fully saturated rings. The smallest absolute Gasteiger partial charge is 0.341 e. The van der Waals surface area contributed by atoms with E-state index in [4.69, 9.17) is 0 Å². The highest BCUT2D eigenvalue weighted by Crippen LogP contribution is 2.21. The average Bonchev–Trinajstić information content (AvgIpc) is 3.30. The number of benzene rings is 2. The minimum Gasteiger partial charge on any atom is -0.477 e. The summed E-state index contributed by atoms with van der Waals surface area (Å²) in [6.45, 7) is 5.51. The summed E-state index contributed by atoms with van der Waals surface area (Å²) in [5.41, 5.74) is 4.04.